The molecule has 0 unspecified atom stereocenters. The van der Waals surface area contributed by atoms with Gasteiger partial charge in [0.05, 0.1) is 13.0 Å². The molecule has 0 radical (unpaired) electrons. The van der Waals surface area contributed by atoms with Crippen LogP contribution in [0.2, 0.25) is 0 Å². The number of nitrogens with zero attached hydrogens (tertiary/aromatic N) is 2. The third-order valence-electron chi connectivity index (χ3n) is 2.17. The molecule has 2 heterocycles. The summed E-state index contributed by atoms with van der Waals surface area (Å²) < 4.78 is 6.87. The van der Waals surface area contributed by atoms with Crippen LogP contribution in [0.1, 0.15) is 17.5 Å². The molecule has 2 rings (SSSR count). The van der Waals surface area contributed by atoms with E-state index in [2.05, 4.69) is 4.98 Å². The number of carbonyl (C=O) groups excluding carboxylic acids is 1. The quantitative estimate of drug-likeness (QED) is 0.747. The van der Waals surface area contributed by atoms with E-state index in [1.807, 2.05) is 24.4 Å². The van der Waals surface area contributed by atoms with Crippen LogP contribution < -0.4 is 0 Å². The summed E-state index contributed by atoms with van der Waals surface area (Å²) >= 11 is 1.59. The minimum absolute atomic E-state index is 0.186. The first-order valence-electron chi connectivity index (χ1n) is 4.79. The third-order valence-corrected chi connectivity index (χ3v) is 3.19. The van der Waals surface area contributed by atoms with Gasteiger partial charge in [-0.2, -0.15) is 0 Å². The molecule has 0 aliphatic rings. The lowest BCUT2D eigenvalue weighted by Gasteiger charge is -2.01. The van der Waals surface area contributed by atoms with Crippen LogP contribution in [0.5, 0.6) is 0 Å². The number of thiazole rings is 1. The van der Waals surface area contributed by atoms with E-state index in [1.165, 1.54) is 0 Å². The zero-order valence-corrected chi connectivity index (χ0v) is 9.50. The highest BCUT2D eigenvalue weighted by Gasteiger charge is 2.13. The zero-order valence-electron chi connectivity index (χ0n) is 8.69. The first kappa shape index (κ1) is 10.2. The number of imidazole rings is 1. The van der Waals surface area contributed by atoms with Crippen LogP contribution in [0.3, 0.4) is 0 Å². The number of rotatable bonds is 3. The number of fused-ring (bicyclic) bond motifs is 1. The average Bonchev–Trinajstić information content (AvgIpc) is 2.71. The third kappa shape index (κ3) is 1.87. The molecule has 80 valence electrons. The van der Waals surface area contributed by atoms with Crippen molar-refractivity contribution in [3.05, 3.63) is 23.0 Å². The summed E-state index contributed by atoms with van der Waals surface area (Å²) in [7, 11) is 0. The molecule has 0 aliphatic heterocycles. The zero-order chi connectivity index (χ0) is 10.8. The lowest BCUT2D eigenvalue weighted by molar-refractivity contribution is -0.142. The fourth-order valence-corrected chi connectivity index (χ4v) is 2.44. The van der Waals surface area contributed by atoms with Gasteiger partial charge in [0, 0.05) is 23.0 Å². The molecule has 0 fully saturated rings. The number of carbonyl (C=O) groups is 1. The Morgan fingerprint density at radius 3 is 3.20 bits per heavy atom. The monoisotopic (exact) mass is 224 g/mol. The maximum atomic E-state index is 11.4. The normalized spacial score (nSPS) is 10.8. The van der Waals surface area contributed by atoms with Crippen LogP contribution in [-0.4, -0.2) is 22.0 Å². The van der Waals surface area contributed by atoms with Gasteiger partial charge in [-0.1, -0.05) is 0 Å². The van der Waals surface area contributed by atoms with E-state index >= 15 is 0 Å². The molecule has 0 atom stereocenters. The topological polar surface area (TPSA) is 43.6 Å². The lowest BCUT2D eigenvalue weighted by Crippen LogP contribution is -2.09. The van der Waals surface area contributed by atoms with Gasteiger partial charge in [-0.25, -0.2) is 4.98 Å². The molecule has 0 saturated carbocycles. The van der Waals surface area contributed by atoms with Gasteiger partial charge in [0.1, 0.15) is 0 Å². The molecule has 0 N–H and O–H groups in total. The molecule has 2 aromatic rings. The Balaban J connectivity index is 2.29. The smallest absolute Gasteiger partial charge is 0.311 e. The first-order chi connectivity index (χ1) is 7.22. The molecule has 5 heteroatoms. The van der Waals surface area contributed by atoms with Gasteiger partial charge in [-0.15, -0.1) is 11.3 Å². The number of hydrogen-bond acceptors (Lipinski definition) is 4. The van der Waals surface area contributed by atoms with Crippen LogP contribution in [-0.2, 0) is 16.0 Å². The summed E-state index contributed by atoms with van der Waals surface area (Å²) in [5.74, 6) is -0.186. The second-order valence-electron chi connectivity index (χ2n) is 3.17. The van der Waals surface area contributed by atoms with Crippen molar-refractivity contribution in [2.45, 2.75) is 20.3 Å². The molecule has 15 heavy (non-hydrogen) atoms. The van der Waals surface area contributed by atoms with Gasteiger partial charge in [0.2, 0.25) is 0 Å². The number of aryl methyl sites for hydroxylation is 1. The van der Waals surface area contributed by atoms with Crippen LogP contribution in [0.4, 0.5) is 0 Å². The van der Waals surface area contributed by atoms with Gasteiger partial charge < -0.3 is 4.74 Å². The molecule has 0 amide bonds. The number of esters is 1. The van der Waals surface area contributed by atoms with Gasteiger partial charge >= 0.3 is 5.97 Å². The van der Waals surface area contributed by atoms with Gasteiger partial charge in [-0.3, -0.25) is 9.20 Å². The molecular weight excluding hydrogens is 212 g/mol. The Labute approximate surface area is 91.5 Å². The summed E-state index contributed by atoms with van der Waals surface area (Å²) in [6, 6.07) is 0. The van der Waals surface area contributed by atoms with Crippen LogP contribution in [0.25, 0.3) is 4.96 Å². The lowest BCUT2D eigenvalue weighted by atomic mass is 10.3. The first-order valence-corrected chi connectivity index (χ1v) is 5.61. The second kappa shape index (κ2) is 4.02. The predicted molar refractivity (Wildman–Crippen MR) is 58.1 cm³/mol. The van der Waals surface area contributed by atoms with Crippen molar-refractivity contribution in [3.8, 4) is 0 Å². The highest BCUT2D eigenvalue weighted by atomic mass is 32.1. The predicted octanol–water partition coefficient (Wildman–Crippen LogP) is 1.81. The minimum atomic E-state index is -0.186. The van der Waals surface area contributed by atoms with Crippen molar-refractivity contribution < 1.29 is 9.53 Å². The average molecular weight is 224 g/mol. The summed E-state index contributed by atoms with van der Waals surface area (Å²) in [6.07, 6.45) is 3.92. The maximum absolute atomic E-state index is 11.4. The maximum Gasteiger partial charge on any atom is 0.311 e. The van der Waals surface area contributed by atoms with Crippen molar-refractivity contribution in [1.29, 1.82) is 0 Å². The van der Waals surface area contributed by atoms with E-state index in [4.69, 9.17) is 4.74 Å². The van der Waals surface area contributed by atoms with Crippen molar-refractivity contribution in [2.24, 2.45) is 0 Å². The summed E-state index contributed by atoms with van der Waals surface area (Å²) in [6.45, 7) is 4.23. The van der Waals surface area contributed by atoms with E-state index in [0.717, 1.165) is 15.5 Å². The molecule has 0 aromatic carbocycles. The van der Waals surface area contributed by atoms with Crippen LogP contribution in [0, 0.1) is 6.92 Å². The number of ether oxygens (including phenoxy) is 1. The van der Waals surface area contributed by atoms with Crippen molar-refractivity contribution in [3.63, 3.8) is 0 Å². The Morgan fingerprint density at radius 2 is 2.47 bits per heavy atom. The largest absolute Gasteiger partial charge is 0.466 e. The molecule has 0 bridgehead atoms. The molecular formula is C10H12N2O2S. The van der Waals surface area contributed by atoms with E-state index in [1.54, 1.807) is 17.5 Å². The molecule has 0 aliphatic carbocycles. The van der Waals surface area contributed by atoms with E-state index in [0.29, 0.717) is 13.0 Å². The summed E-state index contributed by atoms with van der Waals surface area (Å²) in [4.78, 5) is 17.6. The van der Waals surface area contributed by atoms with Crippen molar-refractivity contribution >= 4 is 22.3 Å². The van der Waals surface area contributed by atoms with Gasteiger partial charge in [0.25, 0.3) is 0 Å². The summed E-state index contributed by atoms with van der Waals surface area (Å²) in [5, 5.41) is 0. The second-order valence-corrected chi connectivity index (χ2v) is 4.35. The molecule has 2 aromatic heterocycles. The number of aromatic nitrogens is 2. The Hall–Kier alpha value is -1.36. The molecule has 0 saturated heterocycles. The van der Waals surface area contributed by atoms with E-state index in [9.17, 15) is 4.79 Å². The Morgan fingerprint density at radius 1 is 1.67 bits per heavy atom. The summed E-state index contributed by atoms with van der Waals surface area (Å²) in [5.41, 5.74) is 0.978. The highest BCUT2D eigenvalue weighted by molar-refractivity contribution is 7.17. The fraction of sp³-hybridized carbons (Fsp3) is 0.400. The van der Waals surface area contributed by atoms with Crippen LogP contribution >= 0.6 is 11.3 Å². The molecule has 4 nitrogen and oxygen atoms in total. The standard InChI is InChI=1S/C10H12N2O2S/c1-3-14-9(13)6-8-7(2)15-10-11-4-5-12(8)10/h4-5H,3,6H2,1-2H3. The van der Waals surface area contributed by atoms with Crippen LogP contribution in [0.15, 0.2) is 12.4 Å². The van der Waals surface area contributed by atoms with Gasteiger partial charge in [0.15, 0.2) is 4.96 Å². The Bertz CT molecular complexity index is 487. The Kier molecular flexibility index (Phi) is 2.73. The SMILES string of the molecule is CCOC(=O)Cc1c(C)sc2nccn12. The van der Waals surface area contributed by atoms with Gasteiger partial charge in [-0.05, 0) is 13.8 Å². The van der Waals surface area contributed by atoms with E-state index < -0.39 is 0 Å². The number of hydrogen-bond donors (Lipinski definition) is 0. The van der Waals surface area contributed by atoms with Crippen molar-refractivity contribution in [1.82, 2.24) is 9.38 Å². The fourth-order valence-electron chi connectivity index (χ4n) is 1.49. The highest BCUT2D eigenvalue weighted by Crippen LogP contribution is 2.21. The van der Waals surface area contributed by atoms with Crippen molar-refractivity contribution in [2.75, 3.05) is 6.61 Å². The molecule has 0 spiro atoms. The minimum Gasteiger partial charge on any atom is -0.466 e. The van der Waals surface area contributed by atoms with E-state index in [-0.39, 0.29) is 5.97 Å².